The van der Waals surface area contributed by atoms with Gasteiger partial charge in [-0.15, -0.1) is 35.3 Å². The standard InChI is InChI=1S/C13H19N7S.HI/c1-18-10-11(9-17-18)8-16-12(14)19-3-5-20(6-4-19)13-15-2-7-21-13;/h2,7,9-10H,3-6,8H2,1H3,(H2,14,16);1H. The number of halogens is 1. The van der Waals surface area contributed by atoms with E-state index in [1.54, 1.807) is 16.0 Å². The molecule has 3 rings (SSSR count). The minimum absolute atomic E-state index is 0. The van der Waals surface area contributed by atoms with E-state index in [0.29, 0.717) is 12.5 Å². The fourth-order valence-corrected chi connectivity index (χ4v) is 3.02. The van der Waals surface area contributed by atoms with Crippen LogP contribution in [0.25, 0.3) is 0 Å². The second-order valence-electron chi connectivity index (χ2n) is 4.99. The molecule has 0 aliphatic carbocycles. The van der Waals surface area contributed by atoms with E-state index in [2.05, 4.69) is 24.9 Å². The predicted octanol–water partition coefficient (Wildman–Crippen LogP) is 1.13. The highest BCUT2D eigenvalue weighted by Crippen LogP contribution is 2.18. The molecule has 1 fully saturated rings. The van der Waals surface area contributed by atoms with E-state index in [1.807, 2.05) is 31.0 Å². The molecule has 2 N–H and O–H groups in total. The van der Waals surface area contributed by atoms with Gasteiger partial charge in [-0.3, -0.25) is 4.68 Å². The Morgan fingerprint density at radius 1 is 1.36 bits per heavy atom. The zero-order valence-corrected chi connectivity index (χ0v) is 15.6. The summed E-state index contributed by atoms with van der Waals surface area (Å²) in [5.41, 5.74) is 7.16. The third-order valence-electron chi connectivity index (χ3n) is 3.48. The van der Waals surface area contributed by atoms with Crippen molar-refractivity contribution in [2.24, 2.45) is 17.8 Å². The number of aliphatic imine (C=N–C) groups is 1. The molecule has 3 heterocycles. The molecule has 0 unspecified atom stereocenters. The van der Waals surface area contributed by atoms with Crippen LogP contribution in [0.3, 0.4) is 0 Å². The van der Waals surface area contributed by atoms with Crippen molar-refractivity contribution in [3.05, 3.63) is 29.5 Å². The molecule has 0 radical (unpaired) electrons. The third kappa shape index (κ3) is 4.09. The van der Waals surface area contributed by atoms with Gasteiger partial charge < -0.3 is 15.5 Å². The van der Waals surface area contributed by atoms with Crippen molar-refractivity contribution in [1.82, 2.24) is 19.7 Å². The number of piperazine rings is 1. The van der Waals surface area contributed by atoms with Crippen molar-refractivity contribution in [1.29, 1.82) is 0 Å². The van der Waals surface area contributed by atoms with E-state index in [1.165, 1.54) is 0 Å². The lowest BCUT2D eigenvalue weighted by atomic mass is 10.3. The zero-order valence-electron chi connectivity index (χ0n) is 12.4. The number of rotatable bonds is 3. The Labute approximate surface area is 150 Å². The van der Waals surface area contributed by atoms with Gasteiger partial charge in [-0.05, 0) is 0 Å². The molecule has 22 heavy (non-hydrogen) atoms. The smallest absolute Gasteiger partial charge is 0.191 e. The number of nitrogens with two attached hydrogens (primary N) is 1. The van der Waals surface area contributed by atoms with E-state index in [-0.39, 0.29) is 24.0 Å². The third-order valence-corrected chi connectivity index (χ3v) is 4.31. The van der Waals surface area contributed by atoms with Crippen LogP contribution in [0, 0.1) is 0 Å². The topological polar surface area (TPSA) is 75.6 Å². The molecule has 7 nitrogen and oxygen atoms in total. The van der Waals surface area contributed by atoms with Crippen LogP contribution in [0.2, 0.25) is 0 Å². The van der Waals surface area contributed by atoms with E-state index in [0.717, 1.165) is 36.9 Å². The summed E-state index contributed by atoms with van der Waals surface area (Å²) in [4.78, 5) is 13.2. The van der Waals surface area contributed by atoms with E-state index < -0.39 is 0 Å². The second kappa shape index (κ2) is 7.77. The number of hydrogen-bond acceptors (Lipinski definition) is 5. The molecule has 1 aliphatic heterocycles. The maximum absolute atomic E-state index is 6.08. The average molecular weight is 433 g/mol. The molecule has 1 aliphatic rings. The number of aryl methyl sites for hydroxylation is 1. The molecular weight excluding hydrogens is 413 g/mol. The Morgan fingerprint density at radius 2 is 2.14 bits per heavy atom. The first-order valence-electron chi connectivity index (χ1n) is 6.89. The van der Waals surface area contributed by atoms with Crippen molar-refractivity contribution in [3.63, 3.8) is 0 Å². The van der Waals surface area contributed by atoms with Crippen molar-refractivity contribution in [2.75, 3.05) is 31.1 Å². The number of anilines is 1. The Morgan fingerprint density at radius 3 is 2.73 bits per heavy atom. The van der Waals surface area contributed by atoms with Gasteiger partial charge in [0.05, 0.1) is 12.7 Å². The maximum Gasteiger partial charge on any atom is 0.191 e. The van der Waals surface area contributed by atoms with Gasteiger partial charge >= 0.3 is 0 Å². The molecule has 0 aromatic carbocycles. The number of nitrogens with zero attached hydrogens (tertiary/aromatic N) is 6. The van der Waals surface area contributed by atoms with Crippen LogP contribution in [0.1, 0.15) is 5.56 Å². The second-order valence-corrected chi connectivity index (χ2v) is 5.86. The first kappa shape index (κ1) is 17.0. The molecule has 2 aromatic heterocycles. The summed E-state index contributed by atoms with van der Waals surface area (Å²) < 4.78 is 1.77. The van der Waals surface area contributed by atoms with E-state index in [4.69, 9.17) is 5.73 Å². The Hall–Kier alpha value is -1.36. The molecule has 9 heteroatoms. The van der Waals surface area contributed by atoms with Gasteiger partial charge in [0.1, 0.15) is 0 Å². The predicted molar refractivity (Wildman–Crippen MR) is 99.8 cm³/mol. The van der Waals surface area contributed by atoms with Gasteiger partial charge in [0.2, 0.25) is 0 Å². The highest BCUT2D eigenvalue weighted by molar-refractivity contribution is 14.0. The van der Waals surface area contributed by atoms with Crippen LogP contribution in [-0.4, -0.2) is 51.8 Å². The van der Waals surface area contributed by atoms with Crippen molar-refractivity contribution < 1.29 is 0 Å². The summed E-state index contributed by atoms with van der Waals surface area (Å²) in [6, 6.07) is 0. The molecule has 0 atom stereocenters. The summed E-state index contributed by atoms with van der Waals surface area (Å²) in [5, 5.41) is 7.22. The molecule has 0 saturated carbocycles. The first-order valence-corrected chi connectivity index (χ1v) is 7.77. The maximum atomic E-state index is 6.08. The fourth-order valence-electron chi connectivity index (χ4n) is 2.32. The van der Waals surface area contributed by atoms with Crippen molar-refractivity contribution >= 4 is 46.4 Å². The van der Waals surface area contributed by atoms with E-state index in [9.17, 15) is 0 Å². The van der Waals surface area contributed by atoms with Crippen LogP contribution < -0.4 is 10.6 Å². The fraction of sp³-hybridized carbons (Fsp3) is 0.462. The Balaban J connectivity index is 0.00000176. The highest BCUT2D eigenvalue weighted by Gasteiger charge is 2.19. The number of thiazole rings is 1. The Bertz CT molecular complexity index is 602. The normalized spacial score (nSPS) is 15.8. The zero-order chi connectivity index (χ0) is 14.7. The highest BCUT2D eigenvalue weighted by atomic mass is 127. The molecule has 0 amide bonds. The van der Waals surface area contributed by atoms with E-state index >= 15 is 0 Å². The lowest BCUT2D eigenvalue weighted by molar-refractivity contribution is 0.380. The SMILES string of the molecule is Cn1cc(CN=C(N)N2CCN(c3nccs3)CC2)cn1.I. The minimum atomic E-state index is 0. The summed E-state index contributed by atoms with van der Waals surface area (Å²) in [6.07, 6.45) is 5.62. The summed E-state index contributed by atoms with van der Waals surface area (Å²) >= 11 is 1.67. The summed E-state index contributed by atoms with van der Waals surface area (Å²) in [5.74, 6) is 0.609. The van der Waals surface area contributed by atoms with Crippen LogP contribution in [0.5, 0.6) is 0 Å². The van der Waals surface area contributed by atoms with Gasteiger partial charge in [-0.25, -0.2) is 9.98 Å². The monoisotopic (exact) mass is 433 g/mol. The molecule has 0 bridgehead atoms. The molecule has 120 valence electrons. The van der Waals surface area contributed by atoms with Crippen LogP contribution in [0.4, 0.5) is 5.13 Å². The van der Waals surface area contributed by atoms with Gasteiger partial charge in [0.25, 0.3) is 0 Å². The average Bonchev–Trinajstić information content (AvgIpc) is 3.16. The summed E-state index contributed by atoms with van der Waals surface area (Å²) in [7, 11) is 1.90. The van der Waals surface area contributed by atoms with Gasteiger partial charge in [-0.1, -0.05) is 0 Å². The summed E-state index contributed by atoms with van der Waals surface area (Å²) in [6.45, 7) is 4.18. The van der Waals surface area contributed by atoms with Gasteiger partial charge in [0.15, 0.2) is 11.1 Å². The largest absolute Gasteiger partial charge is 0.370 e. The number of aromatic nitrogens is 3. The minimum Gasteiger partial charge on any atom is -0.370 e. The molecule has 1 saturated heterocycles. The van der Waals surface area contributed by atoms with Crippen LogP contribution in [0.15, 0.2) is 29.0 Å². The Kier molecular flexibility index (Phi) is 6.00. The van der Waals surface area contributed by atoms with Crippen molar-refractivity contribution in [2.45, 2.75) is 6.54 Å². The van der Waals surface area contributed by atoms with Crippen LogP contribution >= 0.6 is 35.3 Å². The van der Waals surface area contributed by atoms with Crippen molar-refractivity contribution in [3.8, 4) is 0 Å². The lowest BCUT2D eigenvalue weighted by Crippen LogP contribution is -2.51. The number of hydrogen-bond donors (Lipinski definition) is 1. The lowest BCUT2D eigenvalue weighted by Gasteiger charge is -2.35. The number of guanidine groups is 1. The molecular formula is C13H20IN7S. The van der Waals surface area contributed by atoms with Gasteiger partial charge in [-0.2, -0.15) is 5.10 Å². The first-order chi connectivity index (χ1) is 10.2. The van der Waals surface area contributed by atoms with Gasteiger partial charge in [0, 0.05) is 56.6 Å². The molecule has 0 spiro atoms. The quantitative estimate of drug-likeness (QED) is 0.446. The van der Waals surface area contributed by atoms with Crippen LogP contribution in [-0.2, 0) is 13.6 Å². The molecule has 2 aromatic rings.